The Morgan fingerprint density at radius 2 is 1.75 bits per heavy atom. The Balaban J connectivity index is 2.47. The summed E-state index contributed by atoms with van der Waals surface area (Å²) in [6.45, 7) is 9.38. The Bertz CT molecular complexity index is 604. The molecule has 2 aromatic rings. The molecule has 2 aromatic carbocycles. The molecule has 20 heavy (non-hydrogen) atoms. The van der Waals surface area contributed by atoms with Crippen molar-refractivity contribution < 1.29 is 0 Å². The van der Waals surface area contributed by atoms with Crippen LogP contribution in [0.25, 0.3) is 0 Å². The van der Waals surface area contributed by atoms with E-state index in [2.05, 4.69) is 63.3 Å². The molecule has 1 atom stereocenters. The van der Waals surface area contributed by atoms with Crippen molar-refractivity contribution in [2.75, 3.05) is 6.54 Å². The van der Waals surface area contributed by atoms with Crippen molar-refractivity contribution in [1.29, 1.82) is 0 Å². The normalized spacial score (nSPS) is 12.4. The van der Waals surface area contributed by atoms with E-state index >= 15 is 0 Å². The molecule has 0 aliphatic heterocycles. The predicted molar refractivity (Wildman–Crippen MR) is 87.6 cm³/mol. The van der Waals surface area contributed by atoms with Crippen LogP contribution in [0.1, 0.15) is 40.8 Å². The summed E-state index contributed by atoms with van der Waals surface area (Å²) in [4.78, 5) is 0. The molecule has 106 valence electrons. The standard InChI is InChI=1S/C18H22ClN/c1-5-20-18(15-8-7-13(3)14(4)11-15)16-9-6-12(2)10-17(16)19/h6-11,18,20H,5H2,1-4H3. The third-order valence-corrected chi connectivity index (χ3v) is 4.07. The molecule has 0 aliphatic carbocycles. The number of halogens is 1. The minimum absolute atomic E-state index is 0.146. The van der Waals surface area contributed by atoms with Crippen molar-refractivity contribution in [3.8, 4) is 0 Å². The van der Waals surface area contributed by atoms with E-state index in [-0.39, 0.29) is 6.04 Å². The summed E-state index contributed by atoms with van der Waals surface area (Å²) >= 11 is 6.44. The molecule has 1 N–H and O–H groups in total. The quantitative estimate of drug-likeness (QED) is 0.838. The summed E-state index contributed by atoms with van der Waals surface area (Å²) in [6, 6.07) is 13.0. The molecule has 1 unspecified atom stereocenters. The van der Waals surface area contributed by atoms with Crippen LogP contribution in [-0.4, -0.2) is 6.54 Å². The first-order valence-electron chi connectivity index (χ1n) is 7.09. The van der Waals surface area contributed by atoms with Crippen molar-refractivity contribution in [3.63, 3.8) is 0 Å². The summed E-state index contributed by atoms with van der Waals surface area (Å²) in [6.07, 6.45) is 0. The van der Waals surface area contributed by atoms with Gasteiger partial charge in [-0.25, -0.2) is 0 Å². The topological polar surface area (TPSA) is 12.0 Å². The smallest absolute Gasteiger partial charge is 0.0591 e. The van der Waals surface area contributed by atoms with Crippen LogP contribution in [0.3, 0.4) is 0 Å². The molecule has 0 aliphatic rings. The van der Waals surface area contributed by atoms with E-state index in [0.717, 1.165) is 17.1 Å². The van der Waals surface area contributed by atoms with E-state index in [1.165, 1.54) is 22.3 Å². The largest absolute Gasteiger partial charge is 0.306 e. The fraction of sp³-hybridized carbons (Fsp3) is 0.333. The van der Waals surface area contributed by atoms with Gasteiger partial charge < -0.3 is 5.32 Å². The van der Waals surface area contributed by atoms with E-state index in [1.54, 1.807) is 0 Å². The van der Waals surface area contributed by atoms with Gasteiger partial charge in [0, 0.05) is 5.02 Å². The highest BCUT2D eigenvalue weighted by molar-refractivity contribution is 6.31. The van der Waals surface area contributed by atoms with Crippen molar-refractivity contribution in [2.24, 2.45) is 0 Å². The number of hydrogen-bond acceptors (Lipinski definition) is 1. The van der Waals surface area contributed by atoms with Gasteiger partial charge in [-0.05, 0) is 61.2 Å². The number of nitrogens with one attached hydrogen (secondary N) is 1. The Morgan fingerprint density at radius 1 is 1.00 bits per heavy atom. The summed E-state index contributed by atoms with van der Waals surface area (Å²) < 4.78 is 0. The average Bonchev–Trinajstić information content (AvgIpc) is 2.40. The molecule has 0 bridgehead atoms. The minimum Gasteiger partial charge on any atom is -0.306 e. The van der Waals surface area contributed by atoms with Crippen molar-refractivity contribution in [2.45, 2.75) is 33.7 Å². The lowest BCUT2D eigenvalue weighted by molar-refractivity contribution is 0.630. The molecule has 2 heteroatoms. The first-order chi connectivity index (χ1) is 9.52. The minimum atomic E-state index is 0.146. The summed E-state index contributed by atoms with van der Waals surface area (Å²) in [5.74, 6) is 0. The summed E-state index contributed by atoms with van der Waals surface area (Å²) in [5.41, 5.74) is 6.23. The van der Waals surface area contributed by atoms with Gasteiger partial charge >= 0.3 is 0 Å². The van der Waals surface area contributed by atoms with Gasteiger partial charge in [-0.2, -0.15) is 0 Å². The van der Waals surface area contributed by atoms with Crippen molar-refractivity contribution in [1.82, 2.24) is 5.32 Å². The molecule has 0 aromatic heterocycles. The van der Waals surface area contributed by atoms with Crippen LogP contribution in [-0.2, 0) is 0 Å². The molecule has 0 radical (unpaired) electrons. The van der Waals surface area contributed by atoms with Gasteiger partial charge in [0.1, 0.15) is 0 Å². The monoisotopic (exact) mass is 287 g/mol. The van der Waals surface area contributed by atoms with E-state index in [4.69, 9.17) is 11.6 Å². The average molecular weight is 288 g/mol. The maximum atomic E-state index is 6.44. The van der Waals surface area contributed by atoms with Crippen LogP contribution in [0, 0.1) is 20.8 Å². The van der Waals surface area contributed by atoms with Gasteiger partial charge in [-0.3, -0.25) is 0 Å². The molecule has 0 amide bonds. The lowest BCUT2D eigenvalue weighted by Gasteiger charge is -2.21. The number of aryl methyl sites for hydroxylation is 3. The van der Waals surface area contributed by atoms with Crippen LogP contribution in [0.4, 0.5) is 0 Å². The second-order valence-electron chi connectivity index (χ2n) is 5.36. The van der Waals surface area contributed by atoms with Crippen LogP contribution in [0.15, 0.2) is 36.4 Å². The molecule has 0 saturated heterocycles. The maximum Gasteiger partial charge on any atom is 0.0591 e. The highest BCUT2D eigenvalue weighted by Crippen LogP contribution is 2.30. The molecule has 0 saturated carbocycles. The van der Waals surface area contributed by atoms with E-state index in [0.29, 0.717) is 0 Å². The zero-order valence-corrected chi connectivity index (χ0v) is 13.4. The van der Waals surface area contributed by atoms with Gasteiger partial charge in [-0.15, -0.1) is 0 Å². The third-order valence-electron chi connectivity index (χ3n) is 3.74. The lowest BCUT2D eigenvalue weighted by Crippen LogP contribution is -2.22. The van der Waals surface area contributed by atoms with E-state index in [9.17, 15) is 0 Å². The third kappa shape index (κ3) is 3.23. The highest BCUT2D eigenvalue weighted by Gasteiger charge is 2.16. The highest BCUT2D eigenvalue weighted by atomic mass is 35.5. The van der Waals surface area contributed by atoms with Gasteiger partial charge in [0.15, 0.2) is 0 Å². The zero-order valence-electron chi connectivity index (χ0n) is 12.6. The first-order valence-corrected chi connectivity index (χ1v) is 7.47. The molecule has 0 fully saturated rings. The molecular formula is C18H22ClN. The van der Waals surface area contributed by atoms with Crippen LogP contribution >= 0.6 is 11.6 Å². The Hall–Kier alpha value is -1.31. The van der Waals surface area contributed by atoms with Gasteiger partial charge in [0.2, 0.25) is 0 Å². The fourth-order valence-electron chi connectivity index (χ4n) is 2.42. The molecule has 0 spiro atoms. The first kappa shape index (κ1) is 15.1. The number of hydrogen-bond donors (Lipinski definition) is 1. The molecular weight excluding hydrogens is 266 g/mol. The fourth-order valence-corrected chi connectivity index (χ4v) is 2.77. The zero-order chi connectivity index (χ0) is 14.7. The number of rotatable bonds is 4. The predicted octanol–water partition coefficient (Wildman–Crippen LogP) is 4.96. The van der Waals surface area contributed by atoms with Gasteiger partial charge in [-0.1, -0.05) is 48.9 Å². The van der Waals surface area contributed by atoms with E-state index < -0.39 is 0 Å². The SMILES string of the molecule is CCNC(c1ccc(C)c(C)c1)c1ccc(C)cc1Cl. The maximum absolute atomic E-state index is 6.44. The molecule has 2 rings (SSSR count). The Kier molecular flexibility index (Phi) is 4.85. The lowest BCUT2D eigenvalue weighted by atomic mass is 9.95. The van der Waals surface area contributed by atoms with Gasteiger partial charge in [0.05, 0.1) is 6.04 Å². The van der Waals surface area contributed by atoms with Crippen LogP contribution in [0.5, 0.6) is 0 Å². The molecule has 0 heterocycles. The number of benzene rings is 2. The van der Waals surface area contributed by atoms with E-state index in [1.807, 2.05) is 6.07 Å². The second-order valence-corrected chi connectivity index (χ2v) is 5.77. The summed E-state index contributed by atoms with van der Waals surface area (Å²) in [5, 5.41) is 4.37. The molecule has 1 nitrogen and oxygen atoms in total. The summed E-state index contributed by atoms with van der Waals surface area (Å²) in [7, 11) is 0. The van der Waals surface area contributed by atoms with Crippen molar-refractivity contribution >= 4 is 11.6 Å². The van der Waals surface area contributed by atoms with Crippen molar-refractivity contribution in [3.05, 3.63) is 69.2 Å². The Morgan fingerprint density at radius 3 is 2.35 bits per heavy atom. The Labute approximate surface area is 127 Å². The second kappa shape index (κ2) is 6.43. The van der Waals surface area contributed by atoms with Crippen LogP contribution in [0.2, 0.25) is 5.02 Å². The van der Waals surface area contributed by atoms with Crippen LogP contribution < -0.4 is 5.32 Å². The van der Waals surface area contributed by atoms with Gasteiger partial charge in [0.25, 0.3) is 0 Å².